The molecule has 0 bridgehead atoms. The monoisotopic (exact) mass is 486 g/mol. The van der Waals surface area contributed by atoms with Crippen molar-refractivity contribution in [2.24, 2.45) is 5.16 Å². The second-order valence-electron chi connectivity index (χ2n) is 7.63. The number of aryl methyl sites for hydroxylation is 1. The van der Waals surface area contributed by atoms with Gasteiger partial charge in [0, 0.05) is 19.2 Å². The number of sulfonamides is 1. The SMILES string of the molecule is C#C/C=C\C=C(\F)Cc1cc(C)cnc1[C@@H]1CC(N2C[C@H](F)[C@H](NS(=O)(=O)C(F)F)C2)=NO1. The second kappa shape index (κ2) is 10.4. The minimum Gasteiger partial charge on any atom is -0.384 e. The first kappa shape index (κ1) is 24.7. The van der Waals surface area contributed by atoms with Crippen molar-refractivity contribution in [2.75, 3.05) is 13.1 Å². The van der Waals surface area contributed by atoms with Crippen molar-refractivity contribution in [3.8, 4) is 12.3 Å². The Kier molecular flexibility index (Phi) is 7.76. The molecule has 2 aliphatic rings. The molecule has 12 heteroatoms. The molecular weight excluding hydrogens is 464 g/mol. The van der Waals surface area contributed by atoms with Crippen LogP contribution in [0.3, 0.4) is 0 Å². The van der Waals surface area contributed by atoms with Crippen LogP contribution in [0, 0.1) is 19.3 Å². The molecule has 1 saturated heterocycles. The summed E-state index contributed by atoms with van der Waals surface area (Å²) in [5, 5.41) is 3.95. The predicted molar refractivity (Wildman–Crippen MR) is 114 cm³/mol. The van der Waals surface area contributed by atoms with Gasteiger partial charge in [0.1, 0.15) is 17.8 Å². The average Bonchev–Trinajstić information content (AvgIpc) is 3.35. The fourth-order valence-corrected chi connectivity index (χ4v) is 4.31. The molecule has 33 heavy (non-hydrogen) atoms. The number of hydrogen-bond donors (Lipinski definition) is 1. The van der Waals surface area contributed by atoms with Gasteiger partial charge in [0.25, 0.3) is 10.0 Å². The van der Waals surface area contributed by atoms with Crippen molar-refractivity contribution in [3.63, 3.8) is 0 Å². The van der Waals surface area contributed by atoms with Crippen molar-refractivity contribution < 1.29 is 30.8 Å². The van der Waals surface area contributed by atoms with Crippen molar-refractivity contribution in [3.05, 3.63) is 53.1 Å². The third-order valence-electron chi connectivity index (χ3n) is 5.09. The number of halogens is 4. The Hall–Kier alpha value is -2.91. The zero-order valence-corrected chi connectivity index (χ0v) is 18.4. The van der Waals surface area contributed by atoms with Gasteiger partial charge >= 0.3 is 5.76 Å². The van der Waals surface area contributed by atoms with E-state index in [2.05, 4.69) is 16.1 Å². The molecule has 2 aliphatic heterocycles. The topological polar surface area (TPSA) is 83.9 Å². The first-order chi connectivity index (χ1) is 15.6. The number of alkyl halides is 3. The predicted octanol–water partition coefficient (Wildman–Crippen LogP) is 2.91. The van der Waals surface area contributed by atoms with E-state index in [0.29, 0.717) is 17.1 Å². The Bertz CT molecular complexity index is 1110. The van der Waals surface area contributed by atoms with Gasteiger partial charge in [-0.25, -0.2) is 21.9 Å². The molecule has 7 nitrogen and oxygen atoms in total. The summed E-state index contributed by atoms with van der Waals surface area (Å²) in [5.74, 6) is -1.51. The quantitative estimate of drug-likeness (QED) is 0.364. The number of terminal acetylenes is 1. The molecular formula is C21H22F4N4O3S. The zero-order valence-electron chi connectivity index (χ0n) is 17.6. The Balaban J connectivity index is 1.69. The molecule has 3 heterocycles. The maximum atomic E-state index is 14.3. The molecule has 178 valence electrons. The maximum absolute atomic E-state index is 14.3. The van der Waals surface area contributed by atoms with Crippen molar-refractivity contribution in [2.45, 2.75) is 43.8 Å². The molecule has 3 rings (SSSR count). The molecule has 0 aromatic carbocycles. The highest BCUT2D eigenvalue weighted by Gasteiger charge is 2.41. The Morgan fingerprint density at radius 2 is 2.21 bits per heavy atom. The van der Waals surface area contributed by atoms with Gasteiger partial charge in [0.15, 0.2) is 6.10 Å². The maximum Gasteiger partial charge on any atom is 0.350 e. The van der Waals surface area contributed by atoms with Crippen LogP contribution < -0.4 is 4.72 Å². The van der Waals surface area contributed by atoms with Gasteiger partial charge in [-0.2, -0.15) is 8.78 Å². The number of nitrogens with one attached hydrogen (secondary N) is 1. The van der Waals surface area contributed by atoms with Gasteiger partial charge in [-0.05, 0) is 30.2 Å². The number of allylic oxidation sites excluding steroid dienone is 4. The highest BCUT2D eigenvalue weighted by Crippen LogP contribution is 2.32. The number of oxime groups is 1. The molecule has 0 aliphatic carbocycles. The lowest BCUT2D eigenvalue weighted by atomic mass is 10.0. The third kappa shape index (κ3) is 6.11. The van der Waals surface area contributed by atoms with E-state index in [1.54, 1.807) is 17.0 Å². The second-order valence-corrected chi connectivity index (χ2v) is 9.31. The summed E-state index contributed by atoms with van der Waals surface area (Å²) in [7, 11) is -4.93. The fraction of sp³-hybridized carbons (Fsp3) is 0.429. The van der Waals surface area contributed by atoms with Crippen LogP contribution in [0.4, 0.5) is 17.6 Å². The molecule has 0 spiro atoms. The van der Waals surface area contributed by atoms with E-state index in [1.807, 2.05) is 6.92 Å². The highest BCUT2D eigenvalue weighted by molar-refractivity contribution is 7.89. The Labute approximate surface area is 189 Å². The third-order valence-corrected chi connectivity index (χ3v) is 6.19. The molecule has 3 atom stereocenters. The number of amidine groups is 1. The van der Waals surface area contributed by atoms with Crippen LogP contribution in [0.25, 0.3) is 0 Å². The first-order valence-corrected chi connectivity index (χ1v) is 11.5. The van der Waals surface area contributed by atoms with Crippen molar-refractivity contribution in [1.82, 2.24) is 14.6 Å². The molecule has 1 aromatic heterocycles. The number of pyridine rings is 1. The largest absolute Gasteiger partial charge is 0.384 e. The highest BCUT2D eigenvalue weighted by atomic mass is 32.2. The van der Waals surface area contributed by atoms with Crippen LogP contribution in [0.15, 0.2) is 41.5 Å². The van der Waals surface area contributed by atoms with E-state index < -0.39 is 39.9 Å². The molecule has 0 saturated carbocycles. The van der Waals surface area contributed by atoms with Gasteiger partial charge in [-0.3, -0.25) is 4.98 Å². The van der Waals surface area contributed by atoms with Crippen LogP contribution >= 0.6 is 0 Å². The van der Waals surface area contributed by atoms with Crippen LogP contribution in [-0.2, 0) is 21.3 Å². The van der Waals surface area contributed by atoms with E-state index in [1.165, 1.54) is 23.1 Å². The van der Waals surface area contributed by atoms with Crippen LogP contribution in [0.5, 0.6) is 0 Å². The number of aromatic nitrogens is 1. The summed E-state index contributed by atoms with van der Waals surface area (Å²) < 4.78 is 78.2. The molecule has 1 N–H and O–H groups in total. The number of likely N-dealkylation sites (tertiary alicyclic amines) is 1. The fourth-order valence-electron chi connectivity index (χ4n) is 3.57. The van der Waals surface area contributed by atoms with Crippen molar-refractivity contribution >= 4 is 15.9 Å². The van der Waals surface area contributed by atoms with E-state index in [9.17, 15) is 26.0 Å². The van der Waals surface area contributed by atoms with E-state index >= 15 is 0 Å². The summed E-state index contributed by atoms with van der Waals surface area (Å²) in [6.07, 6.45) is 8.46. The van der Waals surface area contributed by atoms with E-state index in [4.69, 9.17) is 11.3 Å². The molecule has 1 fully saturated rings. The number of nitrogens with zero attached hydrogens (tertiary/aromatic N) is 3. The Morgan fingerprint density at radius 1 is 1.45 bits per heavy atom. The molecule has 1 aromatic rings. The van der Waals surface area contributed by atoms with Gasteiger partial charge in [0.05, 0.1) is 24.7 Å². The minimum atomic E-state index is -4.93. The minimum absolute atomic E-state index is 0.0537. The summed E-state index contributed by atoms with van der Waals surface area (Å²) >= 11 is 0. The van der Waals surface area contributed by atoms with Gasteiger partial charge in [-0.15, -0.1) is 6.42 Å². The van der Waals surface area contributed by atoms with Gasteiger partial charge < -0.3 is 9.74 Å². The number of hydrogen-bond acceptors (Lipinski definition) is 6. The zero-order chi connectivity index (χ0) is 24.2. The van der Waals surface area contributed by atoms with Crippen molar-refractivity contribution in [1.29, 1.82) is 0 Å². The summed E-state index contributed by atoms with van der Waals surface area (Å²) in [5.41, 5.74) is 1.84. The van der Waals surface area contributed by atoms with Crippen LogP contribution in [-0.4, -0.2) is 55.2 Å². The average molecular weight is 486 g/mol. The summed E-state index contributed by atoms with van der Waals surface area (Å²) in [6.45, 7) is 1.39. The number of rotatable bonds is 7. The summed E-state index contributed by atoms with van der Waals surface area (Å²) in [4.78, 5) is 11.2. The van der Waals surface area contributed by atoms with Gasteiger partial charge in [-0.1, -0.05) is 23.2 Å². The molecule has 0 amide bonds. The standard InChI is InChI=1S/C21H22F4N4O3S/c1-3-4-5-6-15(22)8-14-7-13(2)10-26-20(14)18-9-19(27-32-18)29-11-16(23)17(12-29)28-33(30,31)21(24)25/h1,4-7,10,16-18,21,28H,8-9,11-12H2,2H3/b5-4-,15-6+/t16-,17+,18-/m0/s1. The lowest BCUT2D eigenvalue weighted by Crippen LogP contribution is -2.44. The van der Waals surface area contributed by atoms with Gasteiger partial charge in [0.2, 0.25) is 0 Å². The smallest absolute Gasteiger partial charge is 0.350 e. The lowest BCUT2D eigenvalue weighted by Gasteiger charge is -2.17. The molecule has 0 radical (unpaired) electrons. The first-order valence-electron chi connectivity index (χ1n) is 9.94. The Morgan fingerprint density at radius 3 is 2.91 bits per heavy atom. The van der Waals surface area contributed by atoms with Crippen LogP contribution in [0.2, 0.25) is 0 Å². The van der Waals surface area contributed by atoms with Crippen LogP contribution in [0.1, 0.15) is 29.3 Å². The lowest BCUT2D eigenvalue weighted by molar-refractivity contribution is 0.0817. The van der Waals surface area contributed by atoms with E-state index in [-0.39, 0.29) is 25.9 Å². The molecule has 0 unspecified atom stereocenters. The van der Waals surface area contributed by atoms with E-state index in [0.717, 1.165) is 5.56 Å². The normalized spacial score (nSPS) is 23.8. The summed E-state index contributed by atoms with van der Waals surface area (Å²) in [6, 6.07) is 0.430.